The van der Waals surface area contributed by atoms with Gasteiger partial charge < -0.3 is 9.64 Å². The van der Waals surface area contributed by atoms with Gasteiger partial charge in [-0.2, -0.15) is 0 Å². The molecule has 4 nitrogen and oxygen atoms in total. The minimum atomic E-state index is -0.170. The van der Waals surface area contributed by atoms with Crippen LogP contribution in [0.3, 0.4) is 0 Å². The van der Waals surface area contributed by atoms with Gasteiger partial charge in [0.05, 0.1) is 6.61 Å². The zero-order chi connectivity index (χ0) is 17.1. The van der Waals surface area contributed by atoms with Gasteiger partial charge in [-0.3, -0.25) is 10.1 Å². The van der Waals surface area contributed by atoms with E-state index in [4.69, 9.17) is 17.0 Å². The number of thiocarbonyl (C=S) groups is 1. The molecule has 1 aromatic carbocycles. The smallest absolute Gasteiger partial charge is 0.257 e. The molecule has 0 aliphatic rings. The maximum Gasteiger partial charge on any atom is 0.257 e. The average Bonchev–Trinajstić information content (AvgIpc) is 2.55. The molecule has 128 valence electrons. The molecule has 23 heavy (non-hydrogen) atoms. The minimum absolute atomic E-state index is 0.170. The fourth-order valence-corrected chi connectivity index (χ4v) is 2.41. The number of nitrogens with one attached hydrogen (secondary N) is 1. The molecule has 1 amide bonds. The fourth-order valence-electron chi connectivity index (χ4n) is 2.13. The second kappa shape index (κ2) is 11.0. The van der Waals surface area contributed by atoms with E-state index < -0.39 is 0 Å². The Kier molecular flexibility index (Phi) is 9.29. The van der Waals surface area contributed by atoms with Gasteiger partial charge >= 0.3 is 0 Å². The van der Waals surface area contributed by atoms with Crippen molar-refractivity contribution in [2.75, 3.05) is 19.7 Å². The van der Waals surface area contributed by atoms with Crippen LogP contribution in [0.15, 0.2) is 24.3 Å². The van der Waals surface area contributed by atoms with Crippen LogP contribution in [0.2, 0.25) is 0 Å². The lowest BCUT2D eigenvalue weighted by Gasteiger charge is -2.25. The van der Waals surface area contributed by atoms with Gasteiger partial charge in [0.25, 0.3) is 5.91 Å². The van der Waals surface area contributed by atoms with Gasteiger partial charge in [0.15, 0.2) is 5.11 Å². The van der Waals surface area contributed by atoms with Crippen LogP contribution in [-0.4, -0.2) is 35.6 Å². The van der Waals surface area contributed by atoms with Gasteiger partial charge in [0.1, 0.15) is 5.75 Å². The SMILES string of the molecule is CCCCN(CCCC)C(=S)NC(=O)c1ccc(OCC)cc1. The maximum atomic E-state index is 12.3. The van der Waals surface area contributed by atoms with Crippen LogP contribution in [-0.2, 0) is 0 Å². The number of unbranched alkanes of at least 4 members (excludes halogenated alkanes) is 2. The van der Waals surface area contributed by atoms with Crippen molar-refractivity contribution in [1.29, 1.82) is 0 Å². The summed E-state index contributed by atoms with van der Waals surface area (Å²) in [7, 11) is 0. The van der Waals surface area contributed by atoms with Crippen LogP contribution in [0.5, 0.6) is 5.75 Å². The zero-order valence-corrected chi connectivity index (χ0v) is 15.2. The number of nitrogens with zero attached hydrogens (tertiary/aromatic N) is 1. The Morgan fingerprint density at radius 2 is 1.65 bits per heavy atom. The van der Waals surface area contributed by atoms with Crippen LogP contribution in [0.4, 0.5) is 0 Å². The van der Waals surface area contributed by atoms with Crippen LogP contribution >= 0.6 is 12.2 Å². The highest BCUT2D eigenvalue weighted by atomic mass is 32.1. The molecular formula is C18H28N2O2S. The van der Waals surface area contributed by atoms with Gasteiger partial charge in [-0.05, 0) is 56.2 Å². The third kappa shape index (κ3) is 6.99. The summed E-state index contributed by atoms with van der Waals surface area (Å²) in [5.41, 5.74) is 0.585. The summed E-state index contributed by atoms with van der Waals surface area (Å²) in [5, 5.41) is 3.36. The van der Waals surface area contributed by atoms with Gasteiger partial charge in [-0.25, -0.2) is 0 Å². The molecule has 0 radical (unpaired) electrons. The van der Waals surface area contributed by atoms with Crippen LogP contribution < -0.4 is 10.1 Å². The third-order valence-electron chi connectivity index (χ3n) is 3.50. The molecule has 1 rings (SSSR count). The molecule has 0 bridgehead atoms. The minimum Gasteiger partial charge on any atom is -0.494 e. The van der Waals surface area contributed by atoms with E-state index in [1.54, 1.807) is 24.3 Å². The topological polar surface area (TPSA) is 41.6 Å². The number of hydrogen-bond donors (Lipinski definition) is 1. The van der Waals surface area contributed by atoms with Gasteiger partial charge in [0, 0.05) is 18.7 Å². The molecule has 0 aromatic heterocycles. The summed E-state index contributed by atoms with van der Waals surface area (Å²) >= 11 is 5.42. The van der Waals surface area contributed by atoms with Crippen molar-refractivity contribution >= 4 is 23.2 Å². The fraction of sp³-hybridized carbons (Fsp3) is 0.556. The Bertz CT molecular complexity index is 480. The standard InChI is InChI=1S/C18H28N2O2S/c1-4-7-13-20(14-8-5-2)18(23)19-17(21)15-9-11-16(12-10-15)22-6-3/h9-12H,4-8,13-14H2,1-3H3,(H,19,21,23). The van der Waals surface area contributed by atoms with E-state index >= 15 is 0 Å². The maximum absolute atomic E-state index is 12.3. The highest BCUT2D eigenvalue weighted by Gasteiger charge is 2.13. The van der Waals surface area contributed by atoms with E-state index in [1.807, 2.05) is 6.92 Å². The van der Waals surface area contributed by atoms with Gasteiger partial charge in [-0.1, -0.05) is 26.7 Å². The monoisotopic (exact) mass is 336 g/mol. The highest BCUT2D eigenvalue weighted by Crippen LogP contribution is 2.12. The highest BCUT2D eigenvalue weighted by molar-refractivity contribution is 7.80. The average molecular weight is 337 g/mol. The molecule has 0 aliphatic heterocycles. The molecule has 5 heteroatoms. The van der Waals surface area contributed by atoms with Crippen molar-refractivity contribution in [3.05, 3.63) is 29.8 Å². The van der Waals surface area contributed by atoms with E-state index in [0.29, 0.717) is 17.3 Å². The summed E-state index contributed by atoms with van der Waals surface area (Å²) in [6.07, 6.45) is 4.36. The summed E-state index contributed by atoms with van der Waals surface area (Å²) < 4.78 is 5.38. The Morgan fingerprint density at radius 3 is 2.13 bits per heavy atom. The number of carbonyl (C=O) groups is 1. The number of ether oxygens (including phenoxy) is 1. The number of amides is 1. The molecule has 1 aromatic rings. The summed E-state index contributed by atoms with van der Waals surface area (Å²) in [6.45, 7) is 8.62. The molecule has 0 fully saturated rings. The van der Waals surface area contributed by atoms with E-state index in [2.05, 4.69) is 24.1 Å². The van der Waals surface area contributed by atoms with Crippen molar-refractivity contribution in [2.24, 2.45) is 0 Å². The van der Waals surface area contributed by atoms with Gasteiger partial charge in [0.2, 0.25) is 0 Å². The lowest BCUT2D eigenvalue weighted by molar-refractivity contribution is 0.0973. The van der Waals surface area contributed by atoms with Crippen molar-refractivity contribution < 1.29 is 9.53 Å². The molecule has 0 atom stereocenters. The quantitative estimate of drug-likeness (QED) is 0.692. The predicted molar refractivity (Wildman–Crippen MR) is 99.1 cm³/mol. The lowest BCUT2D eigenvalue weighted by Crippen LogP contribution is -2.43. The van der Waals surface area contributed by atoms with Gasteiger partial charge in [-0.15, -0.1) is 0 Å². The summed E-state index contributed by atoms with van der Waals surface area (Å²) in [4.78, 5) is 14.4. The normalized spacial score (nSPS) is 10.2. The van der Waals surface area contributed by atoms with E-state index in [1.165, 1.54) is 0 Å². The molecule has 0 saturated carbocycles. The first-order chi connectivity index (χ1) is 11.1. The first-order valence-corrected chi connectivity index (χ1v) is 8.86. The Hall–Kier alpha value is -1.62. The third-order valence-corrected chi connectivity index (χ3v) is 3.86. The number of hydrogen-bond acceptors (Lipinski definition) is 3. The van der Waals surface area contributed by atoms with Crippen molar-refractivity contribution in [3.8, 4) is 5.75 Å². The number of carbonyl (C=O) groups excluding carboxylic acids is 1. The lowest BCUT2D eigenvalue weighted by atomic mass is 10.2. The van der Waals surface area contributed by atoms with Crippen LogP contribution in [0, 0.1) is 0 Å². The molecule has 0 unspecified atom stereocenters. The zero-order valence-electron chi connectivity index (χ0n) is 14.4. The Labute approximate surface area is 145 Å². The molecule has 0 heterocycles. The Morgan fingerprint density at radius 1 is 1.09 bits per heavy atom. The van der Waals surface area contributed by atoms with E-state index in [-0.39, 0.29) is 5.91 Å². The first kappa shape index (κ1) is 19.4. The molecule has 0 saturated heterocycles. The molecule has 0 spiro atoms. The second-order valence-corrected chi connectivity index (χ2v) is 5.80. The van der Waals surface area contributed by atoms with E-state index in [9.17, 15) is 4.79 Å². The Balaban J connectivity index is 2.62. The van der Waals surface area contributed by atoms with Crippen LogP contribution in [0.1, 0.15) is 56.8 Å². The predicted octanol–water partition coefficient (Wildman–Crippen LogP) is 4.00. The molecule has 0 aliphatic carbocycles. The number of benzene rings is 1. The van der Waals surface area contributed by atoms with Crippen LogP contribution in [0.25, 0.3) is 0 Å². The van der Waals surface area contributed by atoms with Crippen molar-refractivity contribution in [2.45, 2.75) is 46.5 Å². The summed E-state index contributed by atoms with van der Waals surface area (Å²) in [5.74, 6) is 0.593. The second-order valence-electron chi connectivity index (χ2n) is 5.41. The van der Waals surface area contributed by atoms with Crippen molar-refractivity contribution in [1.82, 2.24) is 10.2 Å². The molecule has 1 N–H and O–H groups in total. The number of rotatable bonds is 9. The largest absolute Gasteiger partial charge is 0.494 e. The summed E-state index contributed by atoms with van der Waals surface area (Å²) in [6, 6.07) is 7.11. The van der Waals surface area contributed by atoms with Crippen molar-refractivity contribution in [3.63, 3.8) is 0 Å². The molecular weight excluding hydrogens is 308 g/mol. The first-order valence-electron chi connectivity index (χ1n) is 8.45. The van der Waals surface area contributed by atoms with E-state index in [0.717, 1.165) is 44.5 Å².